The average molecular weight is 415 g/mol. The zero-order valence-corrected chi connectivity index (χ0v) is 16.5. The molecule has 1 aliphatic rings. The number of carbonyl (C=O) groups excluding carboxylic acids is 1. The van der Waals surface area contributed by atoms with Crippen LogP contribution in [-0.2, 0) is 14.6 Å². The summed E-state index contributed by atoms with van der Waals surface area (Å²) in [5.74, 6) is 1.14. The van der Waals surface area contributed by atoms with E-state index in [4.69, 9.17) is 8.83 Å². The summed E-state index contributed by atoms with van der Waals surface area (Å²) in [7, 11) is -3.46. The maximum absolute atomic E-state index is 12.5. The molecule has 8 nitrogen and oxygen atoms in total. The van der Waals surface area contributed by atoms with Gasteiger partial charge in [0.1, 0.15) is 0 Å². The summed E-state index contributed by atoms with van der Waals surface area (Å²) in [4.78, 5) is 14.4. The fourth-order valence-corrected chi connectivity index (χ4v) is 4.65. The van der Waals surface area contributed by atoms with Crippen molar-refractivity contribution in [1.29, 1.82) is 0 Å². The smallest absolute Gasteiger partial charge is 0.283 e. The van der Waals surface area contributed by atoms with Gasteiger partial charge in [-0.15, -0.1) is 10.2 Å². The largest absolute Gasteiger partial charge is 0.459 e. The normalized spacial score (nSPS) is 15.5. The number of aromatic nitrogens is 2. The summed E-state index contributed by atoms with van der Waals surface area (Å²) in [5, 5.41) is 8.12. The van der Waals surface area contributed by atoms with Gasteiger partial charge in [-0.1, -0.05) is 18.2 Å². The topological polar surface area (TPSA) is 107 Å². The van der Waals surface area contributed by atoms with Crippen molar-refractivity contribution in [2.45, 2.75) is 30.1 Å². The van der Waals surface area contributed by atoms with Gasteiger partial charge in [0.15, 0.2) is 15.6 Å². The van der Waals surface area contributed by atoms with Gasteiger partial charge in [0, 0.05) is 25.4 Å². The van der Waals surface area contributed by atoms with Crippen molar-refractivity contribution in [1.82, 2.24) is 15.1 Å². The predicted octanol–water partition coefficient (Wildman–Crippen LogP) is 2.90. The Kier molecular flexibility index (Phi) is 5.48. The number of piperidine rings is 1. The monoisotopic (exact) mass is 415 g/mol. The number of likely N-dealkylation sites (tertiary alicyclic amines) is 1. The molecule has 3 heterocycles. The van der Waals surface area contributed by atoms with Gasteiger partial charge in [-0.2, -0.15) is 0 Å². The Morgan fingerprint density at radius 2 is 1.83 bits per heavy atom. The number of rotatable bonds is 6. The number of nitrogens with zero attached hydrogens (tertiary/aromatic N) is 3. The summed E-state index contributed by atoms with van der Waals surface area (Å²) in [5.41, 5.74) is 0. The second kappa shape index (κ2) is 8.20. The van der Waals surface area contributed by atoms with E-state index in [1.54, 1.807) is 53.6 Å². The highest BCUT2D eigenvalue weighted by Gasteiger charge is 2.28. The number of furan rings is 1. The first-order valence-corrected chi connectivity index (χ1v) is 11.1. The van der Waals surface area contributed by atoms with E-state index in [1.807, 2.05) is 0 Å². The van der Waals surface area contributed by atoms with E-state index in [2.05, 4.69) is 10.2 Å². The molecule has 1 saturated heterocycles. The van der Waals surface area contributed by atoms with Gasteiger partial charge in [0.25, 0.3) is 5.89 Å². The second-order valence-electron chi connectivity index (χ2n) is 6.96. The number of carbonyl (C=O) groups is 1. The van der Waals surface area contributed by atoms with Gasteiger partial charge < -0.3 is 13.7 Å². The van der Waals surface area contributed by atoms with Crippen LogP contribution >= 0.6 is 0 Å². The molecule has 29 heavy (non-hydrogen) atoms. The molecule has 0 atom stereocenters. The quantitative estimate of drug-likeness (QED) is 0.609. The van der Waals surface area contributed by atoms with E-state index in [0.717, 1.165) is 0 Å². The third kappa shape index (κ3) is 4.40. The molecule has 0 saturated carbocycles. The predicted molar refractivity (Wildman–Crippen MR) is 104 cm³/mol. The standard InChI is InChI=1S/C20H21N3O5S/c24-18(10-14-29(25,26)16-5-2-1-3-6-16)23-11-8-15(9-12-23)19-21-22-20(28-19)17-7-4-13-27-17/h1-7,13,15H,8-12,14H2. The molecule has 0 unspecified atom stereocenters. The number of sulfone groups is 1. The fraction of sp³-hybridized carbons (Fsp3) is 0.350. The Morgan fingerprint density at radius 1 is 1.07 bits per heavy atom. The maximum atomic E-state index is 12.5. The van der Waals surface area contributed by atoms with Crippen LogP contribution in [0.3, 0.4) is 0 Å². The Balaban J connectivity index is 1.30. The van der Waals surface area contributed by atoms with E-state index in [0.29, 0.717) is 43.5 Å². The van der Waals surface area contributed by atoms with Gasteiger partial charge in [-0.3, -0.25) is 4.79 Å². The molecule has 0 aliphatic carbocycles. The molecule has 1 fully saturated rings. The molecule has 0 spiro atoms. The van der Waals surface area contributed by atoms with Crippen LogP contribution in [-0.4, -0.2) is 48.3 Å². The highest BCUT2D eigenvalue weighted by atomic mass is 32.2. The van der Waals surface area contributed by atoms with Crippen molar-refractivity contribution >= 4 is 15.7 Å². The SMILES string of the molecule is O=C(CCS(=O)(=O)c1ccccc1)N1CCC(c2nnc(-c3ccco3)o2)CC1. The minimum absolute atomic E-state index is 0.0227. The Bertz CT molecular complexity index is 1050. The van der Waals surface area contributed by atoms with E-state index < -0.39 is 9.84 Å². The van der Waals surface area contributed by atoms with Crippen LogP contribution in [0.25, 0.3) is 11.7 Å². The molecule has 1 aromatic carbocycles. The third-order valence-electron chi connectivity index (χ3n) is 5.06. The number of amides is 1. The van der Waals surface area contributed by atoms with Gasteiger partial charge in [-0.25, -0.2) is 8.42 Å². The molecular formula is C20H21N3O5S. The van der Waals surface area contributed by atoms with Crippen LogP contribution < -0.4 is 0 Å². The maximum Gasteiger partial charge on any atom is 0.283 e. The molecule has 0 bridgehead atoms. The van der Waals surface area contributed by atoms with Crippen LogP contribution in [0.5, 0.6) is 0 Å². The van der Waals surface area contributed by atoms with E-state index in [9.17, 15) is 13.2 Å². The van der Waals surface area contributed by atoms with E-state index in [-0.39, 0.29) is 28.9 Å². The van der Waals surface area contributed by atoms with Gasteiger partial charge in [0.2, 0.25) is 11.8 Å². The van der Waals surface area contributed by atoms with Crippen molar-refractivity contribution < 1.29 is 22.0 Å². The molecule has 1 aliphatic heterocycles. The summed E-state index contributed by atoms with van der Waals surface area (Å²) in [6, 6.07) is 11.7. The summed E-state index contributed by atoms with van der Waals surface area (Å²) < 4.78 is 35.7. The second-order valence-corrected chi connectivity index (χ2v) is 9.07. The zero-order valence-electron chi connectivity index (χ0n) is 15.7. The van der Waals surface area contributed by atoms with Crippen LogP contribution in [0.2, 0.25) is 0 Å². The molecule has 9 heteroatoms. The first kappa shape index (κ1) is 19.4. The first-order valence-electron chi connectivity index (χ1n) is 9.46. The Labute approximate surface area is 168 Å². The van der Waals surface area contributed by atoms with Gasteiger partial charge in [-0.05, 0) is 37.1 Å². The number of hydrogen-bond donors (Lipinski definition) is 0. The van der Waals surface area contributed by atoms with Crippen molar-refractivity contribution in [2.24, 2.45) is 0 Å². The van der Waals surface area contributed by atoms with Gasteiger partial charge in [0.05, 0.1) is 16.9 Å². The minimum atomic E-state index is -3.46. The molecular weight excluding hydrogens is 394 g/mol. The zero-order chi connectivity index (χ0) is 20.3. The van der Waals surface area contributed by atoms with Crippen molar-refractivity contribution in [3.8, 4) is 11.7 Å². The fourth-order valence-electron chi connectivity index (χ4n) is 3.40. The molecule has 0 radical (unpaired) electrons. The Morgan fingerprint density at radius 3 is 2.52 bits per heavy atom. The van der Waals surface area contributed by atoms with E-state index >= 15 is 0 Å². The Hall–Kier alpha value is -2.94. The first-order chi connectivity index (χ1) is 14.0. The molecule has 3 aromatic rings. The summed E-state index contributed by atoms with van der Waals surface area (Å²) >= 11 is 0. The van der Waals surface area contributed by atoms with Crippen LogP contribution in [0.1, 0.15) is 31.1 Å². The lowest BCUT2D eigenvalue weighted by Gasteiger charge is -2.30. The lowest BCUT2D eigenvalue weighted by atomic mass is 9.96. The van der Waals surface area contributed by atoms with Crippen molar-refractivity contribution in [3.63, 3.8) is 0 Å². The molecule has 152 valence electrons. The molecule has 4 rings (SSSR count). The van der Waals surface area contributed by atoms with E-state index in [1.165, 1.54) is 0 Å². The molecule has 2 aromatic heterocycles. The number of hydrogen-bond acceptors (Lipinski definition) is 7. The van der Waals surface area contributed by atoms with Crippen molar-refractivity contribution in [2.75, 3.05) is 18.8 Å². The average Bonchev–Trinajstić information content (AvgIpc) is 3.45. The third-order valence-corrected chi connectivity index (χ3v) is 6.79. The lowest BCUT2D eigenvalue weighted by Crippen LogP contribution is -2.38. The summed E-state index contributed by atoms with van der Waals surface area (Å²) in [6.07, 6.45) is 2.90. The number of benzene rings is 1. The van der Waals surface area contributed by atoms with Crippen LogP contribution in [0, 0.1) is 0 Å². The lowest BCUT2D eigenvalue weighted by molar-refractivity contribution is -0.131. The highest BCUT2D eigenvalue weighted by Crippen LogP contribution is 2.29. The molecule has 0 N–H and O–H groups in total. The molecule has 1 amide bonds. The highest BCUT2D eigenvalue weighted by molar-refractivity contribution is 7.91. The minimum Gasteiger partial charge on any atom is -0.459 e. The van der Waals surface area contributed by atoms with Crippen LogP contribution in [0.4, 0.5) is 0 Å². The van der Waals surface area contributed by atoms with Crippen LogP contribution in [0.15, 0.2) is 62.5 Å². The van der Waals surface area contributed by atoms with Crippen molar-refractivity contribution in [3.05, 3.63) is 54.6 Å². The summed E-state index contributed by atoms with van der Waals surface area (Å²) in [6.45, 7) is 1.07. The van der Waals surface area contributed by atoms with Gasteiger partial charge >= 0.3 is 0 Å².